The lowest BCUT2D eigenvalue weighted by atomic mass is 10.0. The number of hydrogen-bond acceptors (Lipinski definition) is 0. The highest BCUT2D eigenvalue weighted by molar-refractivity contribution is 14.1. The van der Waals surface area contributed by atoms with E-state index >= 15 is 0 Å². The zero-order chi connectivity index (χ0) is 15.7. The quantitative estimate of drug-likeness (QED) is 0.406. The van der Waals surface area contributed by atoms with Gasteiger partial charge in [0, 0.05) is 3.57 Å². The lowest BCUT2D eigenvalue weighted by Gasteiger charge is -2.08. The Morgan fingerprint density at radius 2 is 1.05 bits per heavy atom. The highest BCUT2D eigenvalue weighted by atomic mass is 127. The van der Waals surface area contributed by atoms with Gasteiger partial charge in [0.05, 0.1) is 0 Å². The van der Waals surface area contributed by atoms with E-state index in [9.17, 15) is 0 Å². The molecule has 3 atom stereocenters. The maximum atomic E-state index is 2.77. The van der Waals surface area contributed by atoms with Crippen LogP contribution in [-0.2, 0) is 0 Å². The van der Waals surface area contributed by atoms with E-state index in [0.717, 1.165) is 0 Å². The van der Waals surface area contributed by atoms with Crippen LogP contribution in [0.1, 0.15) is 0 Å². The van der Waals surface area contributed by atoms with Gasteiger partial charge in [0.1, 0.15) is 0 Å². The number of rotatable bonds is 2. The third-order valence-corrected chi connectivity index (χ3v) is 6.22. The van der Waals surface area contributed by atoms with Crippen molar-refractivity contribution in [2.24, 2.45) is 0 Å². The van der Waals surface area contributed by atoms with Gasteiger partial charge in [0.2, 0.25) is 0 Å². The highest BCUT2D eigenvalue weighted by Crippen LogP contribution is 2.25. The molecule has 3 rings (SSSR count). The van der Waals surface area contributed by atoms with Gasteiger partial charge in [0.25, 0.3) is 0 Å². The van der Waals surface area contributed by atoms with E-state index in [-0.39, 0.29) is 0 Å². The Kier molecular flexibility index (Phi) is 5.31. The molecule has 22 heavy (non-hydrogen) atoms. The van der Waals surface area contributed by atoms with Crippen molar-refractivity contribution in [1.29, 1.82) is 0 Å². The summed E-state index contributed by atoms with van der Waals surface area (Å²) in [6.07, 6.45) is 0. The maximum Gasteiger partial charge on any atom is 0.0208 e. The van der Waals surface area contributed by atoms with Gasteiger partial charge in [-0.2, -0.15) is 0 Å². The summed E-state index contributed by atoms with van der Waals surface area (Å²) in [7, 11) is 8.31. The Morgan fingerprint density at radius 3 is 1.59 bits per heavy atom. The molecule has 3 unspecified atom stereocenters. The van der Waals surface area contributed by atoms with Crippen molar-refractivity contribution in [3.05, 3.63) is 64.2 Å². The third kappa shape index (κ3) is 3.77. The van der Waals surface area contributed by atoms with Crippen LogP contribution in [-0.4, -0.2) is 0 Å². The normalized spacial score (nSPS) is 10.7. The molecule has 0 fully saturated rings. The molecule has 3 aromatic rings. The maximum absolute atomic E-state index is 2.77. The molecule has 0 aliphatic carbocycles. The summed E-state index contributed by atoms with van der Waals surface area (Å²) in [6, 6.07) is 21.8. The fourth-order valence-corrected chi connectivity index (χ4v) is 4.04. The van der Waals surface area contributed by atoms with Gasteiger partial charge in [-0.15, -0.1) is 27.7 Å². The molecule has 4 heteroatoms. The molecular weight excluding hydrogens is 436 g/mol. The van der Waals surface area contributed by atoms with Crippen molar-refractivity contribution < 1.29 is 0 Å². The standard InChI is InChI=1S/C18H16IP3/c19-17-9-13(5-6-18(17)22)11-1-3-12(4-2-11)14-7-15(20)10-16(21)8-14/h1-10H,20-22H2. The van der Waals surface area contributed by atoms with Gasteiger partial charge >= 0.3 is 0 Å². The minimum Gasteiger partial charge on any atom is -0.106 e. The molecular formula is C18H16IP3. The van der Waals surface area contributed by atoms with Crippen molar-refractivity contribution in [3.8, 4) is 22.3 Å². The Balaban J connectivity index is 1.97. The monoisotopic (exact) mass is 452 g/mol. The van der Waals surface area contributed by atoms with E-state index in [1.807, 2.05) is 0 Å². The largest absolute Gasteiger partial charge is 0.106 e. The van der Waals surface area contributed by atoms with Crippen LogP contribution in [0.5, 0.6) is 0 Å². The molecule has 0 spiro atoms. The summed E-state index contributed by atoms with van der Waals surface area (Å²) in [6.45, 7) is 0. The zero-order valence-electron chi connectivity index (χ0n) is 11.9. The second kappa shape index (κ2) is 7.06. The van der Waals surface area contributed by atoms with E-state index in [2.05, 4.69) is 111 Å². The molecule has 0 aromatic heterocycles. The smallest absolute Gasteiger partial charge is 0.0208 e. The van der Waals surface area contributed by atoms with E-state index < -0.39 is 0 Å². The van der Waals surface area contributed by atoms with Gasteiger partial charge in [-0.3, -0.25) is 0 Å². The van der Waals surface area contributed by atoms with Crippen LogP contribution in [0.25, 0.3) is 22.3 Å². The van der Waals surface area contributed by atoms with E-state index in [1.165, 1.54) is 41.7 Å². The molecule has 0 radical (unpaired) electrons. The molecule has 0 nitrogen and oxygen atoms in total. The second-order valence-electron chi connectivity index (χ2n) is 5.20. The van der Waals surface area contributed by atoms with Gasteiger partial charge < -0.3 is 0 Å². The summed E-state index contributed by atoms with van der Waals surface area (Å²) < 4.78 is 1.27. The highest BCUT2D eigenvalue weighted by Gasteiger charge is 2.03. The first kappa shape index (κ1) is 16.5. The minimum absolute atomic E-state index is 1.21. The fourth-order valence-electron chi connectivity index (χ4n) is 2.41. The number of halogens is 1. The summed E-state index contributed by atoms with van der Waals surface area (Å²) in [5.41, 5.74) is 5.00. The molecule has 0 N–H and O–H groups in total. The van der Waals surface area contributed by atoms with Crippen molar-refractivity contribution in [1.82, 2.24) is 0 Å². The number of hydrogen-bond donors (Lipinski definition) is 0. The van der Waals surface area contributed by atoms with Gasteiger partial charge in [-0.1, -0.05) is 36.4 Å². The lowest BCUT2D eigenvalue weighted by molar-refractivity contribution is 1.60. The number of benzene rings is 3. The van der Waals surface area contributed by atoms with Crippen LogP contribution in [0, 0.1) is 3.57 Å². The van der Waals surface area contributed by atoms with Crippen LogP contribution in [0.15, 0.2) is 60.7 Å². The fraction of sp³-hybridized carbons (Fsp3) is 0. The Labute approximate surface area is 152 Å². The molecule has 110 valence electrons. The SMILES string of the molecule is Pc1cc(P)cc(-c2ccc(-c3ccc(P)c(I)c3)cc2)c1. The van der Waals surface area contributed by atoms with E-state index in [4.69, 9.17) is 0 Å². The topological polar surface area (TPSA) is 0 Å². The molecule has 0 saturated carbocycles. The molecule has 0 amide bonds. The van der Waals surface area contributed by atoms with Crippen molar-refractivity contribution in [3.63, 3.8) is 0 Å². The summed E-state index contributed by atoms with van der Waals surface area (Å²) >= 11 is 2.37. The second-order valence-corrected chi connectivity index (χ2v) is 8.32. The first-order valence-corrected chi connectivity index (χ1v) is 9.66. The van der Waals surface area contributed by atoms with Crippen LogP contribution in [0.3, 0.4) is 0 Å². The summed E-state index contributed by atoms with van der Waals surface area (Å²) in [4.78, 5) is 0. The van der Waals surface area contributed by atoms with Gasteiger partial charge in [-0.05, 0) is 85.0 Å². The lowest BCUT2D eigenvalue weighted by Crippen LogP contribution is -2.01. The Morgan fingerprint density at radius 1 is 0.545 bits per heavy atom. The summed E-state index contributed by atoms with van der Waals surface area (Å²) in [5.74, 6) is 0. The Bertz CT molecular complexity index is 806. The van der Waals surface area contributed by atoms with Crippen molar-refractivity contribution in [2.75, 3.05) is 0 Å². The van der Waals surface area contributed by atoms with Crippen LogP contribution in [0.2, 0.25) is 0 Å². The van der Waals surface area contributed by atoms with Crippen molar-refractivity contribution >= 4 is 66.2 Å². The molecule has 3 aromatic carbocycles. The van der Waals surface area contributed by atoms with Crippen LogP contribution < -0.4 is 15.9 Å². The predicted octanol–water partition coefficient (Wildman–Crippen LogP) is 4.13. The van der Waals surface area contributed by atoms with Crippen LogP contribution in [0.4, 0.5) is 0 Å². The predicted molar refractivity (Wildman–Crippen MR) is 118 cm³/mol. The summed E-state index contributed by atoms with van der Waals surface area (Å²) in [5, 5.41) is 3.65. The van der Waals surface area contributed by atoms with Crippen molar-refractivity contribution in [2.45, 2.75) is 0 Å². The average Bonchev–Trinajstić information content (AvgIpc) is 2.49. The first-order valence-electron chi connectivity index (χ1n) is 6.85. The van der Waals surface area contributed by atoms with Gasteiger partial charge in [-0.25, -0.2) is 0 Å². The first-order chi connectivity index (χ1) is 10.5. The zero-order valence-corrected chi connectivity index (χ0v) is 17.5. The van der Waals surface area contributed by atoms with E-state index in [1.54, 1.807) is 0 Å². The molecule has 0 aliphatic heterocycles. The Hall–Kier alpha value is -0.320. The van der Waals surface area contributed by atoms with Crippen LogP contribution >= 0.6 is 50.3 Å². The molecule has 0 bridgehead atoms. The minimum atomic E-state index is 1.21. The van der Waals surface area contributed by atoms with Gasteiger partial charge in [0.15, 0.2) is 0 Å². The average molecular weight is 452 g/mol. The molecule has 0 aliphatic rings. The van der Waals surface area contributed by atoms with E-state index in [0.29, 0.717) is 0 Å². The third-order valence-electron chi connectivity index (χ3n) is 3.53. The molecule has 0 saturated heterocycles. The molecule has 0 heterocycles.